The summed E-state index contributed by atoms with van der Waals surface area (Å²) in [7, 11) is 3.19. The first-order valence-electron chi connectivity index (χ1n) is 10.7. The molecule has 1 fully saturated rings. The molecule has 0 bridgehead atoms. The minimum Gasteiger partial charge on any atom is -0.497 e. The smallest absolute Gasteiger partial charge is 0.231 e. The van der Waals surface area contributed by atoms with Crippen molar-refractivity contribution >= 4 is 11.8 Å². The molecule has 2 aromatic rings. The van der Waals surface area contributed by atoms with Crippen LogP contribution in [0, 0.1) is 5.92 Å². The number of hydrogen-bond donors (Lipinski definition) is 1. The lowest BCUT2D eigenvalue weighted by Gasteiger charge is -2.21. The summed E-state index contributed by atoms with van der Waals surface area (Å²) >= 11 is 0. The summed E-state index contributed by atoms with van der Waals surface area (Å²) in [5.41, 5.74) is 1.81. The normalized spacial score (nSPS) is 19.0. The van der Waals surface area contributed by atoms with Gasteiger partial charge in [-0.05, 0) is 23.8 Å². The molecule has 0 aromatic heterocycles. The maximum atomic E-state index is 13.2. The van der Waals surface area contributed by atoms with Gasteiger partial charge in [-0.25, -0.2) is 0 Å². The molecule has 1 N–H and O–H groups in total. The van der Waals surface area contributed by atoms with Crippen LogP contribution < -0.4 is 24.3 Å². The van der Waals surface area contributed by atoms with Crippen molar-refractivity contribution in [2.75, 3.05) is 34.1 Å². The Kier molecular flexibility index (Phi) is 6.39. The molecule has 2 aliphatic heterocycles. The molecule has 2 heterocycles. The quantitative estimate of drug-likeness (QED) is 0.713. The zero-order valence-electron chi connectivity index (χ0n) is 18.6. The second-order valence-corrected chi connectivity index (χ2v) is 7.88. The van der Waals surface area contributed by atoms with E-state index in [-0.39, 0.29) is 30.4 Å². The number of fused-ring (bicyclic) bond motifs is 1. The number of methoxy groups -OCH3 is 2. The number of carbonyl (C=O) groups is 2. The first-order valence-corrected chi connectivity index (χ1v) is 10.7. The van der Waals surface area contributed by atoms with Crippen LogP contribution in [-0.4, -0.2) is 50.8 Å². The highest BCUT2D eigenvalue weighted by atomic mass is 16.7. The minimum atomic E-state index is -0.387. The second kappa shape index (κ2) is 9.38. The lowest BCUT2D eigenvalue weighted by Crippen LogP contribution is -2.35. The first kappa shape index (κ1) is 21.8. The zero-order chi connectivity index (χ0) is 22.7. The average molecular weight is 440 g/mol. The molecule has 8 nitrogen and oxygen atoms in total. The van der Waals surface area contributed by atoms with Crippen LogP contribution in [0.5, 0.6) is 23.0 Å². The van der Waals surface area contributed by atoms with E-state index in [9.17, 15) is 9.59 Å². The van der Waals surface area contributed by atoms with Crippen LogP contribution in [0.3, 0.4) is 0 Å². The second-order valence-electron chi connectivity index (χ2n) is 7.88. The molecule has 2 atom stereocenters. The molecule has 0 unspecified atom stereocenters. The SMILES string of the molecule is CCC(=O)N1C[C@H](c2ccc(OC)cc2OC)[C@H](C(=O)NCc2ccc3c(c2)OCO3)C1. The summed E-state index contributed by atoms with van der Waals surface area (Å²) in [6.07, 6.45) is 0.401. The van der Waals surface area contributed by atoms with Gasteiger partial charge < -0.3 is 29.2 Å². The summed E-state index contributed by atoms with van der Waals surface area (Å²) in [5.74, 6) is 2.08. The van der Waals surface area contributed by atoms with Gasteiger partial charge in [-0.2, -0.15) is 0 Å². The molecule has 0 radical (unpaired) electrons. The Morgan fingerprint density at radius 2 is 1.88 bits per heavy atom. The fourth-order valence-electron chi connectivity index (χ4n) is 4.31. The summed E-state index contributed by atoms with van der Waals surface area (Å²) in [6, 6.07) is 11.2. The van der Waals surface area contributed by atoms with Gasteiger partial charge in [0.05, 0.1) is 20.1 Å². The number of likely N-dealkylation sites (tertiary alicyclic amines) is 1. The molecule has 0 spiro atoms. The summed E-state index contributed by atoms with van der Waals surface area (Å²) in [5, 5.41) is 3.03. The first-order chi connectivity index (χ1) is 15.5. The Balaban J connectivity index is 1.53. The van der Waals surface area contributed by atoms with Crippen molar-refractivity contribution in [2.45, 2.75) is 25.8 Å². The number of rotatable bonds is 7. The van der Waals surface area contributed by atoms with E-state index in [1.54, 1.807) is 25.2 Å². The van der Waals surface area contributed by atoms with Crippen LogP contribution in [0.15, 0.2) is 36.4 Å². The van der Waals surface area contributed by atoms with Gasteiger partial charge in [0, 0.05) is 43.6 Å². The highest BCUT2D eigenvalue weighted by Crippen LogP contribution is 2.39. The van der Waals surface area contributed by atoms with Crippen LogP contribution in [0.25, 0.3) is 0 Å². The summed E-state index contributed by atoms with van der Waals surface area (Å²) < 4.78 is 21.6. The van der Waals surface area contributed by atoms with E-state index >= 15 is 0 Å². The maximum Gasteiger partial charge on any atom is 0.231 e. The molecule has 4 rings (SSSR count). The van der Waals surface area contributed by atoms with E-state index < -0.39 is 0 Å². The third-order valence-corrected chi connectivity index (χ3v) is 6.06. The van der Waals surface area contributed by atoms with Crippen LogP contribution in [0.4, 0.5) is 0 Å². The molecule has 1 saturated heterocycles. The van der Waals surface area contributed by atoms with E-state index in [2.05, 4.69) is 5.32 Å². The molecule has 0 aliphatic carbocycles. The van der Waals surface area contributed by atoms with Crippen molar-refractivity contribution in [3.63, 3.8) is 0 Å². The fourth-order valence-corrected chi connectivity index (χ4v) is 4.31. The van der Waals surface area contributed by atoms with E-state index in [0.717, 1.165) is 11.1 Å². The van der Waals surface area contributed by atoms with E-state index in [1.165, 1.54) is 0 Å². The van der Waals surface area contributed by atoms with Crippen LogP contribution in [-0.2, 0) is 16.1 Å². The third-order valence-electron chi connectivity index (χ3n) is 6.06. The molecule has 2 aromatic carbocycles. The maximum absolute atomic E-state index is 13.2. The van der Waals surface area contributed by atoms with Gasteiger partial charge in [0.15, 0.2) is 11.5 Å². The molecule has 170 valence electrons. The van der Waals surface area contributed by atoms with Crippen molar-refractivity contribution in [1.29, 1.82) is 0 Å². The average Bonchev–Trinajstić information content (AvgIpc) is 3.48. The standard InChI is InChI=1S/C24H28N2O6/c1-4-23(27)26-12-18(17-7-6-16(29-2)10-21(17)30-3)19(13-26)24(28)25-11-15-5-8-20-22(9-15)32-14-31-20/h5-10,18-19H,4,11-14H2,1-3H3,(H,25,28)/t18-,19-/m1/s1. The molecular formula is C24H28N2O6. The van der Waals surface area contributed by atoms with Crippen LogP contribution in [0.1, 0.15) is 30.4 Å². The monoisotopic (exact) mass is 440 g/mol. The molecule has 8 heteroatoms. The number of carbonyl (C=O) groups excluding carboxylic acids is 2. The van der Waals surface area contributed by atoms with E-state index in [0.29, 0.717) is 49.1 Å². The Hall–Kier alpha value is -3.42. The number of ether oxygens (including phenoxy) is 4. The van der Waals surface area contributed by atoms with Gasteiger partial charge in [-0.1, -0.05) is 19.1 Å². The van der Waals surface area contributed by atoms with Crippen molar-refractivity contribution < 1.29 is 28.5 Å². The Bertz CT molecular complexity index is 1010. The molecular weight excluding hydrogens is 412 g/mol. The van der Waals surface area contributed by atoms with Gasteiger partial charge >= 0.3 is 0 Å². The Morgan fingerprint density at radius 3 is 2.62 bits per heavy atom. The lowest BCUT2D eigenvalue weighted by atomic mass is 9.87. The lowest BCUT2D eigenvalue weighted by molar-refractivity contribution is -0.130. The predicted octanol–water partition coefficient (Wildman–Crippen LogP) is 2.70. The Labute approximate surface area is 187 Å². The van der Waals surface area contributed by atoms with E-state index in [4.69, 9.17) is 18.9 Å². The highest BCUT2D eigenvalue weighted by Gasteiger charge is 2.41. The van der Waals surface area contributed by atoms with Gasteiger partial charge in [-0.15, -0.1) is 0 Å². The zero-order valence-corrected chi connectivity index (χ0v) is 18.6. The topological polar surface area (TPSA) is 86.3 Å². The third kappa shape index (κ3) is 4.30. The number of amides is 2. The number of hydrogen-bond acceptors (Lipinski definition) is 6. The van der Waals surface area contributed by atoms with Gasteiger partial charge in [0.25, 0.3) is 0 Å². The van der Waals surface area contributed by atoms with Crippen LogP contribution in [0.2, 0.25) is 0 Å². The number of nitrogens with zero attached hydrogens (tertiary/aromatic N) is 1. The summed E-state index contributed by atoms with van der Waals surface area (Å²) in [6.45, 7) is 3.25. The van der Waals surface area contributed by atoms with Gasteiger partial charge in [-0.3, -0.25) is 9.59 Å². The van der Waals surface area contributed by atoms with Crippen molar-refractivity contribution in [3.05, 3.63) is 47.5 Å². The number of nitrogens with one attached hydrogen (secondary N) is 1. The molecule has 2 amide bonds. The van der Waals surface area contributed by atoms with Gasteiger partial charge in [0.1, 0.15) is 11.5 Å². The van der Waals surface area contributed by atoms with Crippen molar-refractivity contribution in [2.24, 2.45) is 5.92 Å². The number of benzene rings is 2. The summed E-state index contributed by atoms with van der Waals surface area (Å²) in [4.78, 5) is 27.4. The van der Waals surface area contributed by atoms with E-state index in [1.807, 2.05) is 37.3 Å². The highest BCUT2D eigenvalue weighted by molar-refractivity contribution is 5.83. The Morgan fingerprint density at radius 1 is 1.06 bits per heavy atom. The van der Waals surface area contributed by atoms with Crippen molar-refractivity contribution in [3.8, 4) is 23.0 Å². The largest absolute Gasteiger partial charge is 0.497 e. The minimum absolute atomic E-state index is 0.0357. The molecule has 32 heavy (non-hydrogen) atoms. The van der Waals surface area contributed by atoms with Crippen molar-refractivity contribution in [1.82, 2.24) is 10.2 Å². The fraction of sp³-hybridized carbons (Fsp3) is 0.417. The molecule has 2 aliphatic rings. The van der Waals surface area contributed by atoms with Gasteiger partial charge in [0.2, 0.25) is 18.6 Å². The van der Waals surface area contributed by atoms with Crippen LogP contribution >= 0.6 is 0 Å². The molecule has 0 saturated carbocycles. The predicted molar refractivity (Wildman–Crippen MR) is 117 cm³/mol.